The quantitative estimate of drug-likeness (QED) is 0.530. The molecular formula is C10H19N. The van der Waals surface area contributed by atoms with E-state index >= 15 is 0 Å². The lowest BCUT2D eigenvalue weighted by Gasteiger charge is -2.13. The molecular weight excluding hydrogens is 134 g/mol. The van der Waals surface area contributed by atoms with Crippen molar-refractivity contribution in [2.45, 2.75) is 19.8 Å². The maximum atomic E-state index is 3.69. The normalized spacial score (nSPS) is 11.2. The molecule has 64 valence electrons. The van der Waals surface area contributed by atoms with Gasteiger partial charge in [-0.1, -0.05) is 18.2 Å². The van der Waals surface area contributed by atoms with Crippen LogP contribution in [0.3, 0.4) is 0 Å². The fourth-order valence-electron chi connectivity index (χ4n) is 0.885. The van der Waals surface area contributed by atoms with Crippen molar-refractivity contribution in [1.29, 1.82) is 0 Å². The molecule has 0 aromatic carbocycles. The van der Waals surface area contributed by atoms with E-state index in [2.05, 4.69) is 37.6 Å². The Morgan fingerprint density at radius 2 is 1.91 bits per heavy atom. The van der Waals surface area contributed by atoms with Gasteiger partial charge in [0, 0.05) is 13.1 Å². The molecule has 0 amide bonds. The van der Waals surface area contributed by atoms with Crippen molar-refractivity contribution in [2.24, 2.45) is 0 Å². The zero-order valence-corrected chi connectivity index (χ0v) is 7.71. The molecule has 0 spiro atoms. The summed E-state index contributed by atoms with van der Waals surface area (Å²) in [5, 5.41) is 0. The predicted octanol–water partition coefficient (Wildman–Crippen LogP) is 2.46. The highest BCUT2D eigenvalue weighted by Crippen LogP contribution is 1.91. The zero-order chi connectivity index (χ0) is 8.53. The number of nitrogens with zero attached hydrogens (tertiary/aromatic N) is 1. The minimum absolute atomic E-state index is 1.09. The first-order valence-electron chi connectivity index (χ1n) is 4.22. The van der Waals surface area contributed by atoms with Crippen LogP contribution in [0.1, 0.15) is 19.8 Å². The molecule has 0 atom stereocenters. The highest BCUT2D eigenvalue weighted by atomic mass is 15.1. The number of hydrogen-bond donors (Lipinski definition) is 0. The molecule has 0 aromatic rings. The van der Waals surface area contributed by atoms with Gasteiger partial charge in [0.25, 0.3) is 0 Å². The highest BCUT2D eigenvalue weighted by Gasteiger charge is 1.92. The van der Waals surface area contributed by atoms with Gasteiger partial charge < -0.3 is 4.90 Å². The number of rotatable bonds is 6. The van der Waals surface area contributed by atoms with E-state index in [4.69, 9.17) is 0 Å². The highest BCUT2D eigenvalue weighted by molar-refractivity contribution is 4.78. The summed E-state index contributed by atoms with van der Waals surface area (Å²) in [5.41, 5.74) is 0. The van der Waals surface area contributed by atoms with Crippen molar-refractivity contribution >= 4 is 0 Å². The van der Waals surface area contributed by atoms with Crippen molar-refractivity contribution < 1.29 is 0 Å². The Morgan fingerprint density at radius 1 is 1.27 bits per heavy atom. The summed E-state index contributed by atoms with van der Waals surface area (Å²) in [6.07, 6.45) is 8.51. The van der Waals surface area contributed by atoms with E-state index in [0.29, 0.717) is 0 Å². The molecule has 0 saturated carbocycles. The van der Waals surface area contributed by atoms with Gasteiger partial charge in [0.2, 0.25) is 0 Å². The van der Waals surface area contributed by atoms with Crippen molar-refractivity contribution in [2.75, 3.05) is 20.1 Å². The molecule has 0 aliphatic rings. The summed E-state index contributed by atoms with van der Waals surface area (Å²) in [5.74, 6) is 0. The Hall–Kier alpha value is -0.560. The topological polar surface area (TPSA) is 3.24 Å². The third-order valence-electron chi connectivity index (χ3n) is 1.63. The molecule has 0 radical (unpaired) electrons. The van der Waals surface area contributed by atoms with Gasteiger partial charge in [-0.3, -0.25) is 0 Å². The third kappa shape index (κ3) is 7.34. The van der Waals surface area contributed by atoms with Crippen LogP contribution < -0.4 is 0 Å². The molecule has 11 heavy (non-hydrogen) atoms. The SMILES string of the molecule is C=CCCN(C)CC/C=C\C. The van der Waals surface area contributed by atoms with Gasteiger partial charge >= 0.3 is 0 Å². The fourth-order valence-corrected chi connectivity index (χ4v) is 0.885. The summed E-state index contributed by atoms with van der Waals surface area (Å²) >= 11 is 0. The van der Waals surface area contributed by atoms with E-state index in [1.165, 1.54) is 0 Å². The van der Waals surface area contributed by atoms with Crippen LogP contribution >= 0.6 is 0 Å². The van der Waals surface area contributed by atoms with Gasteiger partial charge in [0.1, 0.15) is 0 Å². The lowest BCUT2D eigenvalue weighted by Crippen LogP contribution is -2.19. The van der Waals surface area contributed by atoms with E-state index in [1.54, 1.807) is 0 Å². The molecule has 0 heterocycles. The second-order valence-electron chi connectivity index (χ2n) is 2.74. The van der Waals surface area contributed by atoms with Crippen molar-refractivity contribution in [3.63, 3.8) is 0 Å². The van der Waals surface area contributed by atoms with Crippen LogP contribution in [-0.2, 0) is 0 Å². The van der Waals surface area contributed by atoms with Gasteiger partial charge in [-0.15, -0.1) is 6.58 Å². The van der Waals surface area contributed by atoms with Gasteiger partial charge in [-0.25, -0.2) is 0 Å². The lowest BCUT2D eigenvalue weighted by molar-refractivity contribution is 0.348. The molecule has 0 aliphatic carbocycles. The summed E-state index contributed by atoms with van der Waals surface area (Å²) in [6, 6.07) is 0. The van der Waals surface area contributed by atoms with Crippen LogP contribution in [0.5, 0.6) is 0 Å². The molecule has 0 aliphatic heterocycles. The van der Waals surface area contributed by atoms with E-state index in [1.807, 2.05) is 6.08 Å². The third-order valence-corrected chi connectivity index (χ3v) is 1.63. The van der Waals surface area contributed by atoms with Crippen LogP contribution in [0.2, 0.25) is 0 Å². The predicted molar refractivity (Wildman–Crippen MR) is 51.7 cm³/mol. The first-order chi connectivity index (χ1) is 5.31. The fraction of sp³-hybridized carbons (Fsp3) is 0.600. The Kier molecular flexibility index (Phi) is 7.16. The Balaban J connectivity index is 3.21. The summed E-state index contributed by atoms with van der Waals surface area (Å²) in [4.78, 5) is 2.32. The maximum Gasteiger partial charge on any atom is 0.00130 e. The second-order valence-corrected chi connectivity index (χ2v) is 2.74. The van der Waals surface area contributed by atoms with Crippen LogP contribution in [0.25, 0.3) is 0 Å². The minimum atomic E-state index is 1.09. The largest absolute Gasteiger partial charge is 0.306 e. The van der Waals surface area contributed by atoms with Crippen molar-refractivity contribution in [3.8, 4) is 0 Å². The molecule has 0 saturated heterocycles. The van der Waals surface area contributed by atoms with E-state index in [-0.39, 0.29) is 0 Å². The Bertz CT molecular complexity index is 116. The molecule has 0 aromatic heterocycles. The molecule has 0 fully saturated rings. The van der Waals surface area contributed by atoms with E-state index < -0.39 is 0 Å². The molecule has 0 unspecified atom stereocenters. The minimum Gasteiger partial charge on any atom is -0.306 e. The molecule has 0 bridgehead atoms. The first-order valence-corrected chi connectivity index (χ1v) is 4.22. The standard InChI is InChI=1S/C10H19N/c1-4-6-8-10-11(3)9-7-5-2/h4-6H,2,7-10H2,1,3H3/b6-4-. The summed E-state index contributed by atoms with van der Waals surface area (Å²) in [7, 11) is 2.15. The van der Waals surface area contributed by atoms with E-state index in [0.717, 1.165) is 25.9 Å². The average Bonchev–Trinajstić information content (AvgIpc) is 2.01. The summed E-state index contributed by atoms with van der Waals surface area (Å²) in [6.45, 7) is 8.02. The average molecular weight is 153 g/mol. The molecule has 0 rings (SSSR count). The molecule has 1 heteroatoms. The van der Waals surface area contributed by atoms with Crippen LogP contribution in [-0.4, -0.2) is 25.0 Å². The van der Waals surface area contributed by atoms with Crippen molar-refractivity contribution in [3.05, 3.63) is 24.8 Å². The lowest BCUT2D eigenvalue weighted by atomic mass is 10.3. The smallest absolute Gasteiger partial charge is 0.00130 e. The second kappa shape index (κ2) is 7.55. The molecule has 0 N–H and O–H groups in total. The van der Waals surface area contributed by atoms with Gasteiger partial charge in [0.05, 0.1) is 0 Å². The zero-order valence-electron chi connectivity index (χ0n) is 7.71. The Labute approximate surface area is 70.4 Å². The summed E-state index contributed by atoms with van der Waals surface area (Å²) < 4.78 is 0. The van der Waals surface area contributed by atoms with Gasteiger partial charge in [-0.05, 0) is 26.8 Å². The maximum absolute atomic E-state index is 3.69. The molecule has 1 nitrogen and oxygen atoms in total. The van der Waals surface area contributed by atoms with Crippen LogP contribution in [0.15, 0.2) is 24.8 Å². The number of hydrogen-bond acceptors (Lipinski definition) is 1. The van der Waals surface area contributed by atoms with Crippen molar-refractivity contribution in [1.82, 2.24) is 4.90 Å². The van der Waals surface area contributed by atoms with Crippen LogP contribution in [0.4, 0.5) is 0 Å². The van der Waals surface area contributed by atoms with E-state index in [9.17, 15) is 0 Å². The van der Waals surface area contributed by atoms with Gasteiger partial charge in [-0.2, -0.15) is 0 Å². The monoisotopic (exact) mass is 153 g/mol. The number of allylic oxidation sites excluding steroid dienone is 1. The van der Waals surface area contributed by atoms with Gasteiger partial charge in [0.15, 0.2) is 0 Å². The Morgan fingerprint density at radius 3 is 2.45 bits per heavy atom. The van der Waals surface area contributed by atoms with Crippen LogP contribution in [0, 0.1) is 0 Å². The first kappa shape index (κ1) is 10.4.